The summed E-state index contributed by atoms with van der Waals surface area (Å²) >= 11 is 6.15. The normalized spacial score (nSPS) is 16.6. The lowest BCUT2D eigenvalue weighted by Crippen LogP contribution is -2.19. The fourth-order valence-corrected chi connectivity index (χ4v) is 2.38. The molecule has 0 aromatic heterocycles. The van der Waals surface area contributed by atoms with E-state index in [1.54, 1.807) is 25.1 Å². The molecule has 108 valence electrons. The Morgan fingerprint density at radius 3 is 2.81 bits per heavy atom. The van der Waals surface area contributed by atoms with Crippen molar-refractivity contribution in [1.82, 2.24) is 0 Å². The van der Waals surface area contributed by atoms with Crippen LogP contribution in [0.3, 0.4) is 0 Å². The van der Waals surface area contributed by atoms with Gasteiger partial charge in [0.1, 0.15) is 23.4 Å². The predicted molar refractivity (Wildman–Crippen MR) is 78.2 cm³/mol. The lowest BCUT2D eigenvalue weighted by atomic mass is 10.1. The van der Waals surface area contributed by atoms with Gasteiger partial charge in [-0.15, -0.1) is 0 Å². The van der Waals surface area contributed by atoms with Crippen molar-refractivity contribution >= 4 is 23.2 Å². The van der Waals surface area contributed by atoms with E-state index >= 15 is 0 Å². The molecule has 0 saturated heterocycles. The molecule has 2 aromatic rings. The van der Waals surface area contributed by atoms with Crippen LogP contribution in [0.5, 0.6) is 11.5 Å². The molecule has 1 heterocycles. The van der Waals surface area contributed by atoms with E-state index < -0.39 is 11.9 Å². The molecule has 0 aliphatic carbocycles. The van der Waals surface area contributed by atoms with Crippen molar-refractivity contribution in [2.75, 3.05) is 5.32 Å². The molecule has 0 saturated carbocycles. The standard InChI is InChI=1S/C15H12ClFN2O2/c1-7-2-3-8(17)4-12(7)21-13-6-11-9(5-10(13)16)14(18)15(20)19-11/h2-6,14H,18H2,1H3,(H,19,20). The molecule has 1 atom stereocenters. The fraction of sp³-hybridized carbons (Fsp3) is 0.133. The predicted octanol–water partition coefficient (Wildman–Crippen LogP) is 3.53. The number of hydrogen-bond acceptors (Lipinski definition) is 3. The molecule has 1 amide bonds. The molecular weight excluding hydrogens is 295 g/mol. The molecule has 6 heteroatoms. The van der Waals surface area contributed by atoms with Gasteiger partial charge in [0.2, 0.25) is 5.91 Å². The molecule has 0 spiro atoms. The van der Waals surface area contributed by atoms with E-state index in [1.165, 1.54) is 12.1 Å². The quantitative estimate of drug-likeness (QED) is 0.892. The molecule has 1 unspecified atom stereocenters. The molecule has 3 rings (SSSR count). The van der Waals surface area contributed by atoms with Gasteiger partial charge < -0.3 is 15.8 Å². The van der Waals surface area contributed by atoms with E-state index in [0.29, 0.717) is 27.8 Å². The molecule has 1 aliphatic rings. The van der Waals surface area contributed by atoms with Crippen molar-refractivity contribution in [1.29, 1.82) is 0 Å². The first-order valence-corrected chi connectivity index (χ1v) is 6.67. The summed E-state index contributed by atoms with van der Waals surface area (Å²) in [4.78, 5) is 11.5. The van der Waals surface area contributed by atoms with Gasteiger partial charge in [0.25, 0.3) is 0 Å². The third-order valence-corrected chi connectivity index (χ3v) is 3.64. The molecule has 3 N–H and O–H groups in total. The van der Waals surface area contributed by atoms with Gasteiger partial charge >= 0.3 is 0 Å². The highest BCUT2D eigenvalue weighted by Crippen LogP contribution is 2.39. The second kappa shape index (κ2) is 5.02. The number of ether oxygens (including phenoxy) is 1. The first-order valence-electron chi connectivity index (χ1n) is 6.29. The topological polar surface area (TPSA) is 64.3 Å². The van der Waals surface area contributed by atoms with Crippen LogP contribution < -0.4 is 15.8 Å². The Bertz CT molecular complexity index is 749. The van der Waals surface area contributed by atoms with E-state index in [1.807, 2.05) is 0 Å². The summed E-state index contributed by atoms with van der Waals surface area (Å²) in [7, 11) is 0. The number of halogens is 2. The third kappa shape index (κ3) is 2.46. The number of anilines is 1. The van der Waals surface area contributed by atoms with Crippen molar-refractivity contribution in [2.45, 2.75) is 13.0 Å². The molecule has 4 nitrogen and oxygen atoms in total. The smallest absolute Gasteiger partial charge is 0.245 e. The van der Waals surface area contributed by atoms with E-state index in [2.05, 4.69) is 5.32 Å². The maximum atomic E-state index is 13.3. The lowest BCUT2D eigenvalue weighted by Gasteiger charge is -2.12. The van der Waals surface area contributed by atoms with E-state index in [0.717, 1.165) is 5.56 Å². The summed E-state index contributed by atoms with van der Waals surface area (Å²) in [6, 6.07) is 6.69. The van der Waals surface area contributed by atoms with Crippen molar-refractivity contribution < 1.29 is 13.9 Å². The average Bonchev–Trinajstić information content (AvgIpc) is 2.70. The maximum absolute atomic E-state index is 13.3. The largest absolute Gasteiger partial charge is 0.455 e. The zero-order valence-electron chi connectivity index (χ0n) is 11.1. The fourth-order valence-electron chi connectivity index (χ4n) is 2.17. The Morgan fingerprint density at radius 1 is 1.29 bits per heavy atom. The second-order valence-electron chi connectivity index (χ2n) is 4.85. The Labute approximate surface area is 125 Å². The van der Waals surface area contributed by atoms with Crippen molar-refractivity contribution in [3.05, 3.63) is 52.3 Å². The molecule has 2 aromatic carbocycles. The number of aryl methyl sites for hydroxylation is 1. The highest BCUT2D eigenvalue weighted by atomic mass is 35.5. The Hall–Kier alpha value is -2.11. The number of fused-ring (bicyclic) bond motifs is 1. The van der Waals surface area contributed by atoms with Crippen LogP contribution in [0.2, 0.25) is 5.02 Å². The van der Waals surface area contributed by atoms with Gasteiger partial charge in [-0.25, -0.2) is 4.39 Å². The SMILES string of the molecule is Cc1ccc(F)cc1Oc1cc2c(cc1Cl)C(N)C(=O)N2. The van der Waals surface area contributed by atoms with Crippen LogP contribution in [0.4, 0.5) is 10.1 Å². The number of carbonyl (C=O) groups excluding carboxylic acids is 1. The monoisotopic (exact) mass is 306 g/mol. The number of nitrogens with one attached hydrogen (secondary N) is 1. The molecule has 0 radical (unpaired) electrons. The van der Waals surface area contributed by atoms with Crippen LogP contribution in [-0.2, 0) is 4.79 Å². The van der Waals surface area contributed by atoms with Crippen LogP contribution >= 0.6 is 11.6 Å². The minimum absolute atomic E-state index is 0.292. The van der Waals surface area contributed by atoms with Gasteiger partial charge in [0, 0.05) is 23.4 Å². The van der Waals surface area contributed by atoms with Crippen molar-refractivity contribution in [3.8, 4) is 11.5 Å². The minimum atomic E-state index is -0.734. The summed E-state index contributed by atoms with van der Waals surface area (Å²) in [5.41, 5.74) is 7.69. The maximum Gasteiger partial charge on any atom is 0.245 e. The lowest BCUT2D eigenvalue weighted by molar-refractivity contribution is -0.116. The van der Waals surface area contributed by atoms with E-state index in [9.17, 15) is 9.18 Å². The third-order valence-electron chi connectivity index (χ3n) is 3.35. The van der Waals surface area contributed by atoms with Crippen LogP contribution in [0.15, 0.2) is 30.3 Å². The van der Waals surface area contributed by atoms with Crippen LogP contribution in [0.1, 0.15) is 17.2 Å². The summed E-state index contributed by atoms with van der Waals surface area (Å²) < 4.78 is 18.9. The Balaban J connectivity index is 1.99. The highest BCUT2D eigenvalue weighted by Gasteiger charge is 2.28. The van der Waals surface area contributed by atoms with Crippen LogP contribution in [-0.4, -0.2) is 5.91 Å². The second-order valence-corrected chi connectivity index (χ2v) is 5.26. The number of hydrogen-bond donors (Lipinski definition) is 2. The molecule has 0 fully saturated rings. The molecule has 0 bridgehead atoms. The van der Waals surface area contributed by atoms with Crippen molar-refractivity contribution in [3.63, 3.8) is 0 Å². The average molecular weight is 307 g/mol. The minimum Gasteiger partial charge on any atom is -0.455 e. The zero-order valence-corrected chi connectivity index (χ0v) is 11.9. The highest BCUT2D eigenvalue weighted by molar-refractivity contribution is 6.32. The molecule has 21 heavy (non-hydrogen) atoms. The van der Waals surface area contributed by atoms with Crippen LogP contribution in [0.25, 0.3) is 0 Å². The molecule has 1 aliphatic heterocycles. The van der Waals surface area contributed by atoms with Gasteiger partial charge in [-0.3, -0.25) is 4.79 Å². The Morgan fingerprint density at radius 2 is 2.05 bits per heavy atom. The molecular formula is C15H12ClFN2O2. The zero-order chi connectivity index (χ0) is 15.1. The van der Waals surface area contributed by atoms with Gasteiger partial charge in [0.05, 0.1) is 5.02 Å². The van der Waals surface area contributed by atoms with Crippen molar-refractivity contribution in [2.24, 2.45) is 5.73 Å². The van der Waals surface area contributed by atoms with Gasteiger partial charge in [-0.2, -0.15) is 0 Å². The first kappa shape index (κ1) is 13.9. The van der Waals surface area contributed by atoms with Crippen LogP contribution in [0, 0.1) is 12.7 Å². The summed E-state index contributed by atoms with van der Waals surface area (Å²) in [6.45, 7) is 1.80. The number of nitrogens with two attached hydrogens (primary N) is 1. The summed E-state index contributed by atoms with van der Waals surface area (Å²) in [5, 5.41) is 2.96. The van der Waals surface area contributed by atoms with Gasteiger partial charge in [-0.1, -0.05) is 17.7 Å². The number of amides is 1. The van der Waals surface area contributed by atoms with E-state index in [-0.39, 0.29) is 5.91 Å². The number of rotatable bonds is 2. The first-order chi connectivity index (χ1) is 9.95. The Kier molecular flexibility index (Phi) is 3.31. The van der Waals surface area contributed by atoms with Gasteiger partial charge in [-0.05, 0) is 24.6 Å². The summed E-state index contributed by atoms with van der Waals surface area (Å²) in [6.07, 6.45) is 0. The van der Waals surface area contributed by atoms with E-state index in [4.69, 9.17) is 22.1 Å². The van der Waals surface area contributed by atoms with Gasteiger partial charge in [0.15, 0.2) is 0 Å². The number of carbonyl (C=O) groups is 1. The number of benzene rings is 2. The summed E-state index contributed by atoms with van der Waals surface area (Å²) in [5.74, 6) is 0.00680.